The minimum atomic E-state index is -0.161. The number of aryl methyl sites for hydroxylation is 1. The lowest BCUT2D eigenvalue weighted by Crippen LogP contribution is -2.29. The zero-order valence-corrected chi connectivity index (χ0v) is 12.6. The molecule has 2 heterocycles. The highest BCUT2D eigenvalue weighted by Gasteiger charge is 2.16. The quantitative estimate of drug-likeness (QED) is 0.902. The third-order valence-electron chi connectivity index (χ3n) is 3.73. The van der Waals surface area contributed by atoms with Crippen LogP contribution in [0.25, 0.3) is 10.9 Å². The molecular formula is C16H19N3O3. The minimum Gasteiger partial charge on any atom is -0.484 e. The van der Waals surface area contributed by atoms with E-state index < -0.39 is 0 Å². The number of rotatable bonds is 5. The van der Waals surface area contributed by atoms with Gasteiger partial charge in [-0.3, -0.25) is 14.2 Å². The fraction of sp³-hybridized carbons (Fsp3) is 0.438. The minimum absolute atomic E-state index is 0.0293. The number of hydrogen-bond donors (Lipinski definition) is 1. The first kappa shape index (κ1) is 14.6. The molecule has 0 unspecified atom stereocenters. The summed E-state index contributed by atoms with van der Waals surface area (Å²) in [5.41, 5.74) is 0.652. The summed E-state index contributed by atoms with van der Waals surface area (Å²) in [5, 5.41) is 3.28. The molecule has 0 aliphatic carbocycles. The molecule has 1 aromatic heterocycles. The highest BCUT2D eigenvalue weighted by Crippen LogP contribution is 2.19. The summed E-state index contributed by atoms with van der Waals surface area (Å²) in [7, 11) is 0. The van der Waals surface area contributed by atoms with Gasteiger partial charge in [-0.1, -0.05) is 6.92 Å². The number of hydrogen-bond acceptors (Lipinski definition) is 4. The van der Waals surface area contributed by atoms with Gasteiger partial charge in [-0.2, -0.15) is 0 Å². The molecular weight excluding hydrogens is 282 g/mol. The molecule has 0 bridgehead atoms. The Morgan fingerprint density at radius 1 is 1.45 bits per heavy atom. The fourth-order valence-corrected chi connectivity index (χ4v) is 2.62. The van der Waals surface area contributed by atoms with Crippen molar-refractivity contribution in [3.05, 3.63) is 34.4 Å². The van der Waals surface area contributed by atoms with E-state index in [9.17, 15) is 9.59 Å². The van der Waals surface area contributed by atoms with Crippen LogP contribution in [-0.4, -0.2) is 28.6 Å². The van der Waals surface area contributed by atoms with E-state index in [4.69, 9.17) is 4.74 Å². The van der Waals surface area contributed by atoms with Crippen molar-refractivity contribution >= 4 is 16.8 Å². The van der Waals surface area contributed by atoms with Crippen molar-refractivity contribution in [1.29, 1.82) is 0 Å². The van der Waals surface area contributed by atoms with Crippen LogP contribution in [0, 0.1) is 0 Å². The molecule has 3 rings (SSSR count). The Bertz CT molecular complexity index is 767. The number of benzene rings is 1. The molecule has 1 N–H and O–H groups in total. The average Bonchev–Trinajstić information content (AvgIpc) is 3.00. The molecule has 0 fully saturated rings. The molecule has 0 saturated heterocycles. The molecule has 1 aliphatic heterocycles. The molecule has 116 valence electrons. The molecule has 0 spiro atoms. The summed E-state index contributed by atoms with van der Waals surface area (Å²) in [6.07, 6.45) is 2.69. The molecule has 1 amide bonds. The number of nitrogens with one attached hydrogen (secondary N) is 1. The van der Waals surface area contributed by atoms with Crippen molar-refractivity contribution in [2.75, 3.05) is 13.2 Å². The number of carbonyl (C=O) groups excluding carboxylic acids is 1. The zero-order valence-electron chi connectivity index (χ0n) is 12.6. The fourth-order valence-electron chi connectivity index (χ4n) is 2.62. The maximum Gasteiger partial charge on any atom is 0.261 e. The van der Waals surface area contributed by atoms with Gasteiger partial charge < -0.3 is 10.1 Å². The second-order valence-corrected chi connectivity index (χ2v) is 5.41. The normalized spacial score (nSPS) is 13.1. The largest absolute Gasteiger partial charge is 0.484 e. The average molecular weight is 301 g/mol. The van der Waals surface area contributed by atoms with E-state index in [0.29, 0.717) is 23.2 Å². The van der Waals surface area contributed by atoms with Crippen molar-refractivity contribution in [3.8, 4) is 5.75 Å². The van der Waals surface area contributed by atoms with Gasteiger partial charge in [-0.15, -0.1) is 0 Å². The lowest BCUT2D eigenvalue weighted by atomic mass is 10.2. The van der Waals surface area contributed by atoms with Crippen LogP contribution in [0.5, 0.6) is 5.75 Å². The molecule has 6 heteroatoms. The van der Waals surface area contributed by atoms with Crippen LogP contribution in [0.4, 0.5) is 0 Å². The van der Waals surface area contributed by atoms with Crippen molar-refractivity contribution in [1.82, 2.24) is 14.9 Å². The van der Waals surface area contributed by atoms with Crippen LogP contribution in [-0.2, 0) is 17.8 Å². The summed E-state index contributed by atoms with van der Waals surface area (Å²) in [5.74, 6) is 1.20. The Balaban J connectivity index is 1.81. The second kappa shape index (κ2) is 6.17. The van der Waals surface area contributed by atoms with Crippen molar-refractivity contribution in [3.63, 3.8) is 0 Å². The Kier molecular flexibility index (Phi) is 4.09. The number of ether oxygens (including phenoxy) is 1. The Hall–Kier alpha value is -2.37. The van der Waals surface area contributed by atoms with Gasteiger partial charge in [0.2, 0.25) is 0 Å². The first-order chi connectivity index (χ1) is 10.7. The van der Waals surface area contributed by atoms with Crippen molar-refractivity contribution in [2.45, 2.75) is 32.7 Å². The van der Waals surface area contributed by atoms with Crippen LogP contribution < -0.4 is 15.6 Å². The van der Waals surface area contributed by atoms with E-state index in [0.717, 1.165) is 31.6 Å². The van der Waals surface area contributed by atoms with Gasteiger partial charge in [-0.25, -0.2) is 4.98 Å². The summed E-state index contributed by atoms with van der Waals surface area (Å²) in [6, 6.07) is 5.19. The van der Waals surface area contributed by atoms with Gasteiger partial charge in [0.1, 0.15) is 11.6 Å². The van der Waals surface area contributed by atoms with Gasteiger partial charge in [0, 0.05) is 19.5 Å². The SMILES string of the molecule is CCCNC(=O)COc1ccc2nc3n(c(=O)c2c1)CCC3. The highest BCUT2D eigenvalue weighted by molar-refractivity contribution is 5.80. The Morgan fingerprint density at radius 2 is 2.32 bits per heavy atom. The molecule has 0 radical (unpaired) electrons. The van der Waals surface area contributed by atoms with E-state index in [-0.39, 0.29) is 18.1 Å². The van der Waals surface area contributed by atoms with Crippen LogP contribution >= 0.6 is 0 Å². The standard InChI is InChI=1S/C16H19N3O3/c1-2-7-17-15(20)10-22-11-5-6-13-12(9-11)16(21)19-8-3-4-14(19)18-13/h5-6,9H,2-4,7-8,10H2,1H3,(H,17,20). The summed E-state index contributed by atoms with van der Waals surface area (Å²) >= 11 is 0. The molecule has 2 aromatic rings. The van der Waals surface area contributed by atoms with E-state index in [2.05, 4.69) is 10.3 Å². The topological polar surface area (TPSA) is 73.2 Å². The van der Waals surface area contributed by atoms with Crippen molar-refractivity contribution < 1.29 is 9.53 Å². The van der Waals surface area contributed by atoms with E-state index >= 15 is 0 Å². The number of fused-ring (bicyclic) bond motifs is 2. The monoisotopic (exact) mass is 301 g/mol. The maximum atomic E-state index is 12.4. The molecule has 1 aliphatic rings. The molecule has 0 atom stereocenters. The van der Waals surface area contributed by atoms with Crippen LogP contribution in [0.2, 0.25) is 0 Å². The third-order valence-corrected chi connectivity index (χ3v) is 3.73. The van der Waals surface area contributed by atoms with E-state index in [1.54, 1.807) is 22.8 Å². The zero-order chi connectivity index (χ0) is 15.5. The van der Waals surface area contributed by atoms with E-state index in [1.165, 1.54) is 0 Å². The maximum absolute atomic E-state index is 12.4. The first-order valence-corrected chi connectivity index (χ1v) is 7.62. The number of aromatic nitrogens is 2. The predicted molar refractivity (Wildman–Crippen MR) is 83.1 cm³/mol. The lowest BCUT2D eigenvalue weighted by molar-refractivity contribution is -0.123. The highest BCUT2D eigenvalue weighted by atomic mass is 16.5. The molecule has 22 heavy (non-hydrogen) atoms. The molecule has 1 aromatic carbocycles. The van der Waals surface area contributed by atoms with E-state index in [1.807, 2.05) is 6.92 Å². The van der Waals surface area contributed by atoms with Crippen LogP contribution in [0.1, 0.15) is 25.6 Å². The van der Waals surface area contributed by atoms with Gasteiger partial charge in [0.25, 0.3) is 11.5 Å². The second-order valence-electron chi connectivity index (χ2n) is 5.41. The molecule has 6 nitrogen and oxygen atoms in total. The van der Waals surface area contributed by atoms with Gasteiger partial charge in [0.05, 0.1) is 10.9 Å². The summed E-state index contributed by atoms with van der Waals surface area (Å²) < 4.78 is 7.18. The Morgan fingerprint density at radius 3 is 3.14 bits per heavy atom. The molecule has 0 saturated carbocycles. The van der Waals surface area contributed by atoms with Crippen LogP contribution in [0.3, 0.4) is 0 Å². The van der Waals surface area contributed by atoms with Gasteiger partial charge >= 0.3 is 0 Å². The smallest absolute Gasteiger partial charge is 0.261 e. The predicted octanol–water partition coefficient (Wildman–Crippen LogP) is 1.25. The number of nitrogens with zero attached hydrogens (tertiary/aromatic N) is 2. The van der Waals surface area contributed by atoms with Gasteiger partial charge in [0.15, 0.2) is 6.61 Å². The lowest BCUT2D eigenvalue weighted by Gasteiger charge is -2.09. The first-order valence-electron chi connectivity index (χ1n) is 7.62. The Labute approximate surface area is 128 Å². The summed E-state index contributed by atoms with van der Waals surface area (Å²) in [6.45, 7) is 3.30. The van der Waals surface area contributed by atoms with Gasteiger partial charge in [-0.05, 0) is 31.0 Å². The third kappa shape index (κ3) is 2.81. The number of amides is 1. The number of carbonyl (C=O) groups is 1. The van der Waals surface area contributed by atoms with Crippen molar-refractivity contribution in [2.24, 2.45) is 0 Å². The van der Waals surface area contributed by atoms with Crippen LogP contribution in [0.15, 0.2) is 23.0 Å². The summed E-state index contributed by atoms with van der Waals surface area (Å²) in [4.78, 5) is 28.5.